The van der Waals surface area contributed by atoms with Crippen LogP contribution in [0.1, 0.15) is 10.4 Å². The first kappa shape index (κ1) is 13.6. The molecule has 6 heteroatoms. The van der Waals surface area contributed by atoms with Gasteiger partial charge in [-0.05, 0) is 46.3 Å². The van der Waals surface area contributed by atoms with Gasteiger partial charge in [0.15, 0.2) is 0 Å². The molecule has 2 aromatic carbocycles. The van der Waals surface area contributed by atoms with Gasteiger partial charge in [-0.25, -0.2) is 13.2 Å². The average molecular weight is 330 g/mol. The second-order valence-corrected chi connectivity index (χ2v) is 4.56. The van der Waals surface area contributed by atoms with E-state index in [0.717, 1.165) is 24.3 Å². The maximum absolute atomic E-state index is 13.4. The van der Waals surface area contributed by atoms with E-state index >= 15 is 0 Å². The van der Waals surface area contributed by atoms with Gasteiger partial charge in [0.1, 0.15) is 17.5 Å². The minimum Gasteiger partial charge on any atom is -0.321 e. The van der Waals surface area contributed by atoms with Gasteiger partial charge in [-0.3, -0.25) is 4.79 Å². The Morgan fingerprint density at radius 2 is 1.63 bits per heavy atom. The predicted molar refractivity (Wildman–Crippen MR) is 68.4 cm³/mol. The number of rotatable bonds is 2. The molecule has 0 aliphatic carbocycles. The molecule has 0 spiro atoms. The number of hydrogen-bond acceptors (Lipinski definition) is 1. The largest absolute Gasteiger partial charge is 0.321 e. The topological polar surface area (TPSA) is 29.1 Å². The zero-order valence-electron chi connectivity index (χ0n) is 9.38. The van der Waals surface area contributed by atoms with Crippen LogP contribution < -0.4 is 5.32 Å². The molecule has 0 radical (unpaired) electrons. The van der Waals surface area contributed by atoms with E-state index in [2.05, 4.69) is 21.2 Å². The van der Waals surface area contributed by atoms with Gasteiger partial charge >= 0.3 is 0 Å². The molecular formula is C13H7BrF3NO. The summed E-state index contributed by atoms with van der Waals surface area (Å²) < 4.78 is 39.3. The molecule has 2 rings (SSSR count). The minimum atomic E-state index is -0.962. The molecule has 0 aromatic heterocycles. The van der Waals surface area contributed by atoms with Crippen molar-refractivity contribution >= 4 is 27.5 Å². The summed E-state index contributed by atoms with van der Waals surface area (Å²) in [5, 5.41) is 2.40. The van der Waals surface area contributed by atoms with E-state index < -0.39 is 23.4 Å². The fourth-order valence-corrected chi connectivity index (χ4v) is 1.90. The molecule has 0 fully saturated rings. The Kier molecular flexibility index (Phi) is 3.90. The van der Waals surface area contributed by atoms with Crippen molar-refractivity contribution in [3.63, 3.8) is 0 Å². The Balaban J connectivity index is 2.25. The monoisotopic (exact) mass is 329 g/mol. The lowest BCUT2D eigenvalue weighted by atomic mass is 10.2. The van der Waals surface area contributed by atoms with Crippen LogP contribution in [-0.2, 0) is 0 Å². The fraction of sp³-hybridized carbons (Fsp3) is 0. The molecule has 1 N–H and O–H groups in total. The van der Waals surface area contributed by atoms with Crippen LogP contribution in [0.25, 0.3) is 0 Å². The number of carbonyl (C=O) groups excluding carboxylic acids is 1. The van der Waals surface area contributed by atoms with Gasteiger partial charge in [-0.2, -0.15) is 0 Å². The summed E-state index contributed by atoms with van der Waals surface area (Å²) in [5.41, 5.74) is -0.00671. The molecule has 0 atom stereocenters. The summed E-state index contributed by atoms with van der Waals surface area (Å²) in [6, 6.07) is 6.29. The molecular weight excluding hydrogens is 323 g/mol. The van der Waals surface area contributed by atoms with Crippen molar-refractivity contribution < 1.29 is 18.0 Å². The van der Waals surface area contributed by atoms with Crippen LogP contribution in [0.2, 0.25) is 0 Å². The molecule has 1 amide bonds. The zero-order valence-corrected chi connectivity index (χ0v) is 11.0. The average Bonchev–Trinajstić information content (AvgIpc) is 2.32. The fourth-order valence-electron chi connectivity index (χ4n) is 1.45. The number of benzene rings is 2. The van der Waals surface area contributed by atoms with Crippen molar-refractivity contribution in [3.05, 3.63) is 63.9 Å². The van der Waals surface area contributed by atoms with Crippen molar-refractivity contribution in [3.8, 4) is 0 Å². The lowest BCUT2D eigenvalue weighted by molar-refractivity contribution is 0.102. The number of amides is 1. The number of halogens is 4. The van der Waals surface area contributed by atoms with Crippen molar-refractivity contribution in [2.75, 3.05) is 5.32 Å². The molecule has 0 bridgehead atoms. The third-order valence-corrected chi connectivity index (χ3v) is 3.01. The first-order valence-corrected chi connectivity index (χ1v) is 5.98. The van der Waals surface area contributed by atoms with Crippen LogP contribution in [0.3, 0.4) is 0 Å². The summed E-state index contributed by atoms with van der Waals surface area (Å²) in [6.45, 7) is 0. The molecule has 0 unspecified atom stereocenters. The van der Waals surface area contributed by atoms with Crippen molar-refractivity contribution in [1.82, 2.24) is 0 Å². The zero-order chi connectivity index (χ0) is 14.0. The van der Waals surface area contributed by atoms with Crippen LogP contribution in [0.15, 0.2) is 40.9 Å². The molecule has 2 aromatic rings. The Morgan fingerprint density at radius 3 is 2.26 bits per heavy atom. The Morgan fingerprint density at radius 1 is 1.00 bits per heavy atom. The molecule has 0 heterocycles. The summed E-state index contributed by atoms with van der Waals surface area (Å²) >= 11 is 3.07. The van der Waals surface area contributed by atoms with Crippen LogP contribution >= 0.6 is 15.9 Å². The van der Waals surface area contributed by atoms with Crippen LogP contribution in [0.4, 0.5) is 18.9 Å². The van der Waals surface area contributed by atoms with Gasteiger partial charge in [0.2, 0.25) is 0 Å². The molecule has 2 nitrogen and oxygen atoms in total. The predicted octanol–water partition coefficient (Wildman–Crippen LogP) is 4.12. The van der Waals surface area contributed by atoms with E-state index in [0.29, 0.717) is 10.5 Å². The van der Waals surface area contributed by atoms with E-state index in [1.165, 1.54) is 6.07 Å². The SMILES string of the molecule is O=C(Nc1ccc(F)cc1Br)c1ccc(F)cc1F. The summed E-state index contributed by atoms with van der Waals surface area (Å²) in [5.74, 6) is -2.95. The Bertz CT molecular complexity index is 646. The van der Waals surface area contributed by atoms with Crippen molar-refractivity contribution in [2.45, 2.75) is 0 Å². The third kappa shape index (κ3) is 3.14. The highest BCUT2D eigenvalue weighted by Crippen LogP contribution is 2.24. The maximum Gasteiger partial charge on any atom is 0.258 e. The van der Waals surface area contributed by atoms with E-state index in [4.69, 9.17) is 0 Å². The van der Waals surface area contributed by atoms with E-state index in [1.54, 1.807) is 0 Å². The summed E-state index contributed by atoms with van der Waals surface area (Å²) in [7, 11) is 0. The molecule has 98 valence electrons. The second kappa shape index (κ2) is 5.44. The maximum atomic E-state index is 13.4. The quantitative estimate of drug-likeness (QED) is 0.882. The smallest absolute Gasteiger partial charge is 0.258 e. The van der Waals surface area contributed by atoms with E-state index in [-0.39, 0.29) is 11.3 Å². The highest BCUT2D eigenvalue weighted by molar-refractivity contribution is 9.10. The number of carbonyl (C=O) groups is 1. The highest BCUT2D eigenvalue weighted by atomic mass is 79.9. The van der Waals surface area contributed by atoms with E-state index in [9.17, 15) is 18.0 Å². The number of hydrogen-bond donors (Lipinski definition) is 1. The standard InChI is InChI=1S/C13H7BrF3NO/c14-10-5-7(15)2-4-12(10)18-13(19)9-3-1-8(16)6-11(9)17/h1-6H,(H,18,19). The van der Waals surface area contributed by atoms with Crippen LogP contribution in [-0.4, -0.2) is 5.91 Å². The highest BCUT2D eigenvalue weighted by Gasteiger charge is 2.14. The van der Waals surface area contributed by atoms with Crippen LogP contribution in [0, 0.1) is 17.5 Å². The summed E-state index contributed by atoms with van der Waals surface area (Å²) in [6.07, 6.45) is 0. The molecule has 19 heavy (non-hydrogen) atoms. The van der Waals surface area contributed by atoms with E-state index in [1.807, 2.05) is 0 Å². The minimum absolute atomic E-state index is 0.287. The normalized spacial score (nSPS) is 10.3. The molecule has 0 aliphatic heterocycles. The molecule has 0 saturated carbocycles. The molecule has 0 saturated heterocycles. The second-order valence-electron chi connectivity index (χ2n) is 3.70. The molecule has 0 aliphatic rings. The Hall–Kier alpha value is -1.82. The first-order valence-electron chi connectivity index (χ1n) is 5.19. The first-order chi connectivity index (χ1) is 8.97. The van der Waals surface area contributed by atoms with Gasteiger partial charge < -0.3 is 5.32 Å². The van der Waals surface area contributed by atoms with Crippen molar-refractivity contribution in [1.29, 1.82) is 0 Å². The third-order valence-electron chi connectivity index (χ3n) is 2.36. The lowest BCUT2D eigenvalue weighted by Gasteiger charge is -2.08. The summed E-state index contributed by atoms with van der Waals surface area (Å²) in [4.78, 5) is 11.8. The van der Waals surface area contributed by atoms with Crippen LogP contribution in [0.5, 0.6) is 0 Å². The van der Waals surface area contributed by atoms with Gasteiger partial charge in [0.25, 0.3) is 5.91 Å². The van der Waals surface area contributed by atoms with Gasteiger partial charge in [0.05, 0.1) is 11.3 Å². The van der Waals surface area contributed by atoms with Gasteiger partial charge in [-0.15, -0.1) is 0 Å². The number of anilines is 1. The lowest BCUT2D eigenvalue weighted by Crippen LogP contribution is -2.14. The number of nitrogens with one attached hydrogen (secondary N) is 1. The Labute approximate surface area is 115 Å². The van der Waals surface area contributed by atoms with Gasteiger partial charge in [0, 0.05) is 10.5 Å². The van der Waals surface area contributed by atoms with Gasteiger partial charge in [-0.1, -0.05) is 0 Å². The van der Waals surface area contributed by atoms with Crippen molar-refractivity contribution in [2.24, 2.45) is 0 Å².